The number of nitrogens with zero attached hydrogens (tertiary/aromatic N) is 2. The summed E-state index contributed by atoms with van der Waals surface area (Å²) in [5, 5.41) is 9.05. The number of guanidine groups is 1. The van der Waals surface area contributed by atoms with Crippen LogP contribution in [0.4, 0.5) is 0 Å². The minimum absolute atomic E-state index is 0.0733. The highest BCUT2D eigenvalue weighted by molar-refractivity contribution is 7.10. The first kappa shape index (κ1) is 20.8. The van der Waals surface area contributed by atoms with Crippen molar-refractivity contribution in [1.82, 2.24) is 15.5 Å². The van der Waals surface area contributed by atoms with Crippen LogP contribution in [0.5, 0.6) is 0 Å². The van der Waals surface area contributed by atoms with Gasteiger partial charge in [0.2, 0.25) is 0 Å². The zero-order valence-corrected chi connectivity index (χ0v) is 18.0. The average molecular weight is 401 g/mol. The molecule has 0 saturated carbocycles. The highest BCUT2D eigenvalue weighted by Gasteiger charge is 2.21. The standard InChI is InChI=1S/C22H32N4OS/c1-22(2,20-8-5-13-28-20)17-25-21(23-3)24-15-18-6-4-7-19(14-18)16-26-9-11-27-12-10-26/h4-8,13-14H,9-12,15-17H2,1-3H3,(H2,23,24,25). The van der Waals surface area contributed by atoms with Gasteiger partial charge >= 0.3 is 0 Å². The van der Waals surface area contributed by atoms with Gasteiger partial charge in [0, 0.05) is 50.1 Å². The summed E-state index contributed by atoms with van der Waals surface area (Å²) < 4.78 is 5.44. The Balaban J connectivity index is 1.50. The van der Waals surface area contributed by atoms with Gasteiger partial charge in [-0.15, -0.1) is 11.3 Å². The van der Waals surface area contributed by atoms with Gasteiger partial charge in [-0.25, -0.2) is 0 Å². The zero-order chi connectivity index (χ0) is 19.8. The molecule has 28 heavy (non-hydrogen) atoms. The number of benzene rings is 1. The normalized spacial score (nSPS) is 16.2. The summed E-state index contributed by atoms with van der Waals surface area (Å²) in [6.07, 6.45) is 0. The second-order valence-electron chi connectivity index (χ2n) is 7.85. The molecule has 0 spiro atoms. The summed E-state index contributed by atoms with van der Waals surface area (Å²) in [6, 6.07) is 13.1. The zero-order valence-electron chi connectivity index (χ0n) is 17.2. The fourth-order valence-corrected chi connectivity index (χ4v) is 4.17. The van der Waals surface area contributed by atoms with E-state index in [1.54, 1.807) is 11.3 Å². The molecule has 1 fully saturated rings. The van der Waals surface area contributed by atoms with Crippen LogP contribution in [0.25, 0.3) is 0 Å². The first-order valence-corrected chi connectivity index (χ1v) is 10.8. The monoisotopic (exact) mass is 400 g/mol. The molecule has 1 saturated heterocycles. The van der Waals surface area contributed by atoms with E-state index in [9.17, 15) is 0 Å². The van der Waals surface area contributed by atoms with Crippen molar-refractivity contribution in [3.8, 4) is 0 Å². The van der Waals surface area contributed by atoms with Gasteiger partial charge in [-0.3, -0.25) is 9.89 Å². The molecule has 1 aromatic carbocycles. The number of hydrogen-bond donors (Lipinski definition) is 2. The van der Waals surface area contributed by atoms with E-state index in [1.807, 2.05) is 7.05 Å². The highest BCUT2D eigenvalue weighted by atomic mass is 32.1. The molecule has 1 aliphatic rings. The van der Waals surface area contributed by atoms with Crippen LogP contribution in [0.15, 0.2) is 46.8 Å². The molecule has 0 unspecified atom stereocenters. The number of hydrogen-bond acceptors (Lipinski definition) is 4. The van der Waals surface area contributed by atoms with Crippen LogP contribution >= 0.6 is 11.3 Å². The lowest BCUT2D eigenvalue weighted by Crippen LogP contribution is -2.43. The van der Waals surface area contributed by atoms with Crippen molar-refractivity contribution in [3.63, 3.8) is 0 Å². The number of rotatable bonds is 7. The second kappa shape index (κ2) is 10.0. The Kier molecular flexibility index (Phi) is 7.48. The lowest BCUT2D eigenvalue weighted by molar-refractivity contribution is 0.0342. The Morgan fingerprint density at radius 1 is 1.14 bits per heavy atom. The summed E-state index contributed by atoms with van der Waals surface area (Å²) in [4.78, 5) is 8.21. The maximum Gasteiger partial charge on any atom is 0.191 e. The summed E-state index contributed by atoms with van der Waals surface area (Å²) in [5.74, 6) is 0.836. The van der Waals surface area contributed by atoms with Gasteiger partial charge in [-0.2, -0.15) is 0 Å². The minimum Gasteiger partial charge on any atom is -0.379 e. The molecule has 0 amide bonds. The molecule has 0 atom stereocenters. The van der Waals surface area contributed by atoms with Crippen molar-refractivity contribution in [3.05, 3.63) is 57.8 Å². The van der Waals surface area contributed by atoms with Crippen molar-refractivity contribution < 1.29 is 4.74 Å². The number of morpholine rings is 1. The first-order chi connectivity index (χ1) is 13.6. The quantitative estimate of drug-likeness (QED) is 0.553. The lowest BCUT2D eigenvalue weighted by atomic mass is 9.91. The van der Waals surface area contributed by atoms with Crippen LogP contribution in [0.3, 0.4) is 0 Å². The van der Waals surface area contributed by atoms with Crippen molar-refractivity contribution in [2.24, 2.45) is 4.99 Å². The second-order valence-corrected chi connectivity index (χ2v) is 8.80. The van der Waals surface area contributed by atoms with Gasteiger partial charge in [0.25, 0.3) is 0 Å². The third-order valence-corrected chi connectivity index (χ3v) is 6.31. The van der Waals surface area contributed by atoms with Gasteiger partial charge in [0.05, 0.1) is 13.2 Å². The molecule has 1 aliphatic heterocycles. The van der Waals surface area contributed by atoms with Gasteiger partial charge in [-0.1, -0.05) is 44.2 Å². The van der Waals surface area contributed by atoms with E-state index in [4.69, 9.17) is 4.74 Å². The van der Waals surface area contributed by atoms with E-state index in [-0.39, 0.29) is 5.41 Å². The maximum atomic E-state index is 5.44. The maximum absolute atomic E-state index is 5.44. The van der Waals surface area contributed by atoms with Gasteiger partial charge in [-0.05, 0) is 22.6 Å². The Labute approximate surface area is 172 Å². The van der Waals surface area contributed by atoms with Gasteiger partial charge in [0.15, 0.2) is 5.96 Å². The third-order valence-electron chi connectivity index (χ3n) is 5.07. The fraction of sp³-hybridized carbons (Fsp3) is 0.500. The molecule has 152 valence electrons. The van der Waals surface area contributed by atoms with Crippen LogP contribution in [0.1, 0.15) is 29.9 Å². The molecule has 0 aliphatic carbocycles. The average Bonchev–Trinajstić information content (AvgIpc) is 3.25. The molecule has 1 aromatic heterocycles. The molecule has 2 aromatic rings. The SMILES string of the molecule is CN=C(NCc1cccc(CN2CCOCC2)c1)NCC(C)(C)c1cccs1. The third kappa shape index (κ3) is 6.06. The van der Waals surface area contributed by atoms with E-state index in [0.29, 0.717) is 0 Å². The van der Waals surface area contributed by atoms with E-state index >= 15 is 0 Å². The number of thiophene rings is 1. The predicted octanol–water partition coefficient (Wildman–Crippen LogP) is 3.22. The van der Waals surface area contributed by atoms with E-state index < -0.39 is 0 Å². The predicted molar refractivity (Wildman–Crippen MR) is 118 cm³/mol. The van der Waals surface area contributed by atoms with E-state index in [1.165, 1.54) is 16.0 Å². The first-order valence-electron chi connectivity index (χ1n) is 9.93. The minimum atomic E-state index is 0.0733. The molecule has 5 nitrogen and oxygen atoms in total. The fourth-order valence-electron chi connectivity index (χ4n) is 3.32. The smallest absolute Gasteiger partial charge is 0.191 e. The van der Waals surface area contributed by atoms with Gasteiger partial charge < -0.3 is 15.4 Å². The van der Waals surface area contributed by atoms with Crippen LogP contribution in [0, 0.1) is 0 Å². The molecule has 0 bridgehead atoms. The largest absolute Gasteiger partial charge is 0.379 e. The summed E-state index contributed by atoms with van der Waals surface area (Å²) >= 11 is 1.80. The Morgan fingerprint density at radius 3 is 2.64 bits per heavy atom. The van der Waals surface area contributed by atoms with Crippen molar-refractivity contribution >= 4 is 17.3 Å². The summed E-state index contributed by atoms with van der Waals surface area (Å²) in [6.45, 7) is 10.8. The van der Waals surface area contributed by atoms with Crippen molar-refractivity contribution in [2.45, 2.75) is 32.4 Å². The summed E-state index contributed by atoms with van der Waals surface area (Å²) in [5.41, 5.74) is 2.69. The molecular weight excluding hydrogens is 368 g/mol. The Morgan fingerprint density at radius 2 is 1.93 bits per heavy atom. The Bertz CT molecular complexity index is 752. The van der Waals surface area contributed by atoms with Gasteiger partial charge in [0.1, 0.15) is 0 Å². The molecule has 0 radical (unpaired) electrons. The molecule has 3 rings (SSSR count). The summed E-state index contributed by atoms with van der Waals surface area (Å²) in [7, 11) is 1.82. The van der Waals surface area contributed by atoms with Crippen LogP contribution in [0.2, 0.25) is 0 Å². The topological polar surface area (TPSA) is 48.9 Å². The lowest BCUT2D eigenvalue weighted by Gasteiger charge is -2.26. The number of aliphatic imine (C=N–C) groups is 1. The number of ether oxygens (including phenoxy) is 1. The van der Waals surface area contributed by atoms with Crippen molar-refractivity contribution in [2.75, 3.05) is 39.9 Å². The Hall–Kier alpha value is -1.89. The van der Waals surface area contributed by atoms with E-state index in [2.05, 4.69) is 76.2 Å². The highest BCUT2D eigenvalue weighted by Crippen LogP contribution is 2.26. The van der Waals surface area contributed by atoms with E-state index in [0.717, 1.165) is 51.9 Å². The number of nitrogens with one attached hydrogen (secondary N) is 2. The molecule has 2 heterocycles. The van der Waals surface area contributed by atoms with Crippen LogP contribution in [-0.4, -0.2) is 50.8 Å². The molecule has 6 heteroatoms. The van der Waals surface area contributed by atoms with Crippen LogP contribution in [-0.2, 0) is 23.2 Å². The molecule has 2 N–H and O–H groups in total. The molecular formula is C22H32N4OS. The van der Waals surface area contributed by atoms with Crippen LogP contribution < -0.4 is 10.6 Å². The van der Waals surface area contributed by atoms with Crippen molar-refractivity contribution in [1.29, 1.82) is 0 Å².